The molecule has 5 nitrogen and oxygen atoms in total. The number of carbonyl (C=O) groups excluding carboxylic acids is 2. The maximum atomic E-state index is 13.6. The first-order valence-electron chi connectivity index (χ1n) is 8.70. The van der Waals surface area contributed by atoms with Gasteiger partial charge in [0, 0.05) is 16.5 Å². The number of hydrogen-bond acceptors (Lipinski definition) is 4. The molecule has 4 rings (SSSR count). The van der Waals surface area contributed by atoms with E-state index in [9.17, 15) is 14.0 Å². The Morgan fingerprint density at radius 3 is 2.54 bits per heavy atom. The summed E-state index contributed by atoms with van der Waals surface area (Å²) in [4.78, 5) is 23.9. The molecule has 4 aromatic rings. The number of ether oxygens (including phenoxy) is 1. The lowest BCUT2D eigenvalue weighted by atomic mass is 10.1. The van der Waals surface area contributed by atoms with Crippen LogP contribution in [0.2, 0.25) is 0 Å². The van der Waals surface area contributed by atoms with E-state index in [0.717, 1.165) is 21.9 Å². The number of anilines is 1. The van der Waals surface area contributed by atoms with Crippen molar-refractivity contribution in [2.24, 2.45) is 0 Å². The van der Waals surface area contributed by atoms with Crippen LogP contribution in [-0.4, -0.2) is 18.5 Å². The highest BCUT2D eigenvalue weighted by molar-refractivity contribution is 6.07. The van der Waals surface area contributed by atoms with Crippen LogP contribution < -0.4 is 5.32 Å². The van der Waals surface area contributed by atoms with Crippen LogP contribution in [0.1, 0.15) is 5.56 Å². The maximum absolute atomic E-state index is 13.6. The summed E-state index contributed by atoms with van der Waals surface area (Å²) >= 11 is 0. The number of hydrogen-bond donors (Lipinski definition) is 1. The van der Waals surface area contributed by atoms with Gasteiger partial charge < -0.3 is 14.5 Å². The van der Waals surface area contributed by atoms with Crippen LogP contribution >= 0.6 is 0 Å². The van der Waals surface area contributed by atoms with Gasteiger partial charge in [0.25, 0.3) is 5.91 Å². The Balaban J connectivity index is 1.39. The molecule has 0 saturated carbocycles. The van der Waals surface area contributed by atoms with Gasteiger partial charge in [-0.05, 0) is 35.9 Å². The molecule has 0 radical (unpaired) electrons. The van der Waals surface area contributed by atoms with Crippen molar-refractivity contribution in [2.75, 3.05) is 11.9 Å². The SMILES string of the molecule is O=C(COC(=O)Cc1ccccc1F)Nc1ccc2oc3ccccc3c2c1. The Morgan fingerprint density at radius 2 is 1.68 bits per heavy atom. The highest BCUT2D eigenvalue weighted by Crippen LogP contribution is 2.30. The lowest BCUT2D eigenvalue weighted by Gasteiger charge is -2.07. The Morgan fingerprint density at radius 1 is 0.929 bits per heavy atom. The molecule has 1 aromatic heterocycles. The molecule has 0 aliphatic rings. The molecule has 0 bridgehead atoms. The lowest BCUT2D eigenvalue weighted by molar-refractivity contribution is -0.146. The molecule has 1 N–H and O–H groups in total. The topological polar surface area (TPSA) is 68.5 Å². The predicted molar refractivity (Wildman–Crippen MR) is 103 cm³/mol. The molecule has 0 aliphatic heterocycles. The number of esters is 1. The molecule has 0 aliphatic carbocycles. The number of carbonyl (C=O) groups is 2. The van der Waals surface area contributed by atoms with E-state index in [1.54, 1.807) is 24.3 Å². The first-order chi connectivity index (χ1) is 13.6. The predicted octanol–water partition coefficient (Wildman–Crippen LogP) is 4.45. The van der Waals surface area contributed by atoms with E-state index in [4.69, 9.17) is 9.15 Å². The highest BCUT2D eigenvalue weighted by atomic mass is 19.1. The lowest BCUT2D eigenvalue weighted by Crippen LogP contribution is -2.21. The summed E-state index contributed by atoms with van der Waals surface area (Å²) in [6.45, 7) is -0.447. The molecular weight excluding hydrogens is 361 g/mol. The molecular formula is C22H16FNO4. The second-order valence-electron chi connectivity index (χ2n) is 6.29. The fraction of sp³-hybridized carbons (Fsp3) is 0.0909. The Hall–Kier alpha value is -3.67. The largest absolute Gasteiger partial charge is 0.456 e. The third kappa shape index (κ3) is 3.71. The van der Waals surface area contributed by atoms with Gasteiger partial charge in [0.2, 0.25) is 0 Å². The van der Waals surface area contributed by atoms with E-state index < -0.39 is 24.3 Å². The van der Waals surface area contributed by atoms with Crippen molar-refractivity contribution in [2.45, 2.75) is 6.42 Å². The number of para-hydroxylation sites is 1. The van der Waals surface area contributed by atoms with Gasteiger partial charge >= 0.3 is 5.97 Å². The average molecular weight is 377 g/mol. The Labute approximate surface area is 159 Å². The molecule has 28 heavy (non-hydrogen) atoms. The molecule has 0 unspecified atom stereocenters. The van der Waals surface area contributed by atoms with Gasteiger partial charge in [-0.1, -0.05) is 36.4 Å². The van der Waals surface area contributed by atoms with Crippen molar-refractivity contribution in [3.05, 3.63) is 78.1 Å². The number of amides is 1. The normalized spacial score (nSPS) is 10.9. The zero-order chi connectivity index (χ0) is 19.5. The van der Waals surface area contributed by atoms with E-state index in [0.29, 0.717) is 5.69 Å². The third-order valence-electron chi connectivity index (χ3n) is 4.32. The molecule has 0 atom stereocenters. The molecule has 1 amide bonds. The molecule has 0 fully saturated rings. The van der Waals surface area contributed by atoms with Gasteiger partial charge in [0.05, 0.1) is 6.42 Å². The van der Waals surface area contributed by atoms with Crippen molar-refractivity contribution < 1.29 is 23.1 Å². The van der Waals surface area contributed by atoms with Gasteiger partial charge in [0.15, 0.2) is 6.61 Å². The summed E-state index contributed by atoms with van der Waals surface area (Å²) in [6, 6.07) is 18.9. The third-order valence-corrected chi connectivity index (χ3v) is 4.32. The van der Waals surface area contributed by atoms with Crippen LogP contribution in [-0.2, 0) is 20.7 Å². The average Bonchev–Trinajstić information content (AvgIpc) is 3.06. The number of rotatable bonds is 5. The Kier molecular flexibility index (Phi) is 4.76. The minimum absolute atomic E-state index is 0.227. The first kappa shape index (κ1) is 17.7. The van der Waals surface area contributed by atoms with E-state index >= 15 is 0 Å². The zero-order valence-electron chi connectivity index (χ0n) is 14.8. The second-order valence-corrected chi connectivity index (χ2v) is 6.29. The molecule has 0 spiro atoms. The molecule has 140 valence electrons. The van der Waals surface area contributed by atoms with Crippen molar-refractivity contribution >= 4 is 39.5 Å². The van der Waals surface area contributed by atoms with Crippen LogP contribution in [0.3, 0.4) is 0 Å². The van der Waals surface area contributed by atoms with Crippen LogP contribution in [0.25, 0.3) is 21.9 Å². The summed E-state index contributed by atoms with van der Waals surface area (Å²) in [5, 5.41) is 4.52. The zero-order valence-corrected chi connectivity index (χ0v) is 14.8. The second kappa shape index (κ2) is 7.52. The summed E-state index contributed by atoms with van der Waals surface area (Å²) in [5.41, 5.74) is 2.28. The van der Waals surface area contributed by atoms with Crippen molar-refractivity contribution in [1.29, 1.82) is 0 Å². The van der Waals surface area contributed by atoms with Crippen LogP contribution in [0.4, 0.5) is 10.1 Å². The first-order valence-corrected chi connectivity index (χ1v) is 8.70. The summed E-state index contributed by atoms with van der Waals surface area (Å²) < 4.78 is 24.2. The van der Waals surface area contributed by atoms with Crippen LogP contribution in [0.5, 0.6) is 0 Å². The number of nitrogens with one attached hydrogen (secondary N) is 1. The van der Waals surface area contributed by atoms with Crippen molar-refractivity contribution in [3.63, 3.8) is 0 Å². The smallest absolute Gasteiger partial charge is 0.310 e. The van der Waals surface area contributed by atoms with Gasteiger partial charge in [0.1, 0.15) is 17.0 Å². The van der Waals surface area contributed by atoms with Gasteiger partial charge in [-0.2, -0.15) is 0 Å². The van der Waals surface area contributed by atoms with E-state index in [1.165, 1.54) is 18.2 Å². The minimum atomic E-state index is -0.670. The maximum Gasteiger partial charge on any atom is 0.310 e. The summed E-state index contributed by atoms with van der Waals surface area (Å²) in [7, 11) is 0. The van der Waals surface area contributed by atoms with Crippen molar-refractivity contribution in [1.82, 2.24) is 0 Å². The fourth-order valence-electron chi connectivity index (χ4n) is 3.00. The number of benzene rings is 3. The molecule has 6 heteroatoms. The van der Waals surface area contributed by atoms with Crippen molar-refractivity contribution in [3.8, 4) is 0 Å². The quantitative estimate of drug-likeness (QED) is 0.522. The fourth-order valence-corrected chi connectivity index (χ4v) is 3.00. The standard InChI is InChI=1S/C22H16FNO4/c23-18-7-3-1-5-14(18)11-22(26)27-13-21(25)24-15-9-10-20-17(12-15)16-6-2-4-8-19(16)28-20/h1-10,12H,11,13H2,(H,24,25). The van der Waals surface area contributed by atoms with Gasteiger partial charge in [-0.15, -0.1) is 0 Å². The van der Waals surface area contributed by atoms with E-state index in [2.05, 4.69) is 5.32 Å². The molecule has 1 heterocycles. The van der Waals surface area contributed by atoms with E-state index in [-0.39, 0.29) is 12.0 Å². The van der Waals surface area contributed by atoms with Crippen LogP contribution in [0, 0.1) is 5.82 Å². The summed E-state index contributed by atoms with van der Waals surface area (Å²) in [6.07, 6.45) is -0.229. The minimum Gasteiger partial charge on any atom is -0.456 e. The van der Waals surface area contributed by atoms with Crippen LogP contribution in [0.15, 0.2) is 71.1 Å². The monoisotopic (exact) mass is 377 g/mol. The number of fused-ring (bicyclic) bond motifs is 3. The molecule has 0 saturated heterocycles. The number of halogens is 1. The van der Waals surface area contributed by atoms with Gasteiger partial charge in [-0.25, -0.2) is 4.39 Å². The summed E-state index contributed by atoms with van der Waals surface area (Å²) in [5.74, 6) is -1.63. The number of furan rings is 1. The Bertz CT molecular complexity index is 1180. The highest BCUT2D eigenvalue weighted by Gasteiger charge is 2.12. The molecule has 3 aromatic carbocycles. The van der Waals surface area contributed by atoms with Gasteiger partial charge in [-0.3, -0.25) is 9.59 Å². The van der Waals surface area contributed by atoms with E-state index in [1.807, 2.05) is 24.3 Å².